The number of nitrogen functional groups attached to an aromatic ring is 1. The standard InChI is InChI=1S/C13H18N2O4/c1-2-3-4-5-8-19-13(16)11-9-10(15(17)18)6-7-12(11)14/h6-7,9H,2-5,8,14H2,1H3. The molecule has 0 spiro atoms. The van der Waals surface area contributed by atoms with Gasteiger partial charge in [-0.15, -0.1) is 0 Å². The molecular weight excluding hydrogens is 248 g/mol. The molecule has 0 amide bonds. The number of rotatable bonds is 7. The minimum atomic E-state index is -0.613. The van der Waals surface area contributed by atoms with Crippen LogP contribution in [0.3, 0.4) is 0 Å². The van der Waals surface area contributed by atoms with Gasteiger partial charge < -0.3 is 10.5 Å². The Kier molecular flexibility index (Phi) is 5.78. The Hall–Kier alpha value is -2.11. The number of nitro groups is 1. The molecule has 0 radical (unpaired) electrons. The van der Waals surface area contributed by atoms with Crippen LogP contribution in [0.25, 0.3) is 0 Å². The van der Waals surface area contributed by atoms with E-state index in [1.807, 2.05) is 0 Å². The van der Waals surface area contributed by atoms with Crippen molar-refractivity contribution < 1.29 is 14.5 Å². The molecule has 0 bridgehead atoms. The number of hydrogen-bond acceptors (Lipinski definition) is 5. The summed E-state index contributed by atoms with van der Waals surface area (Å²) in [5.74, 6) is -0.613. The summed E-state index contributed by atoms with van der Waals surface area (Å²) < 4.78 is 5.05. The smallest absolute Gasteiger partial charge is 0.340 e. The lowest BCUT2D eigenvalue weighted by molar-refractivity contribution is -0.384. The molecule has 0 atom stereocenters. The molecule has 1 rings (SSSR count). The van der Waals surface area contributed by atoms with Crippen molar-refractivity contribution >= 4 is 17.3 Å². The summed E-state index contributed by atoms with van der Waals surface area (Å²) in [6.07, 6.45) is 3.98. The fourth-order valence-electron chi connectivity index (χ4n) is 1.61. The van der Waals surface area contributed by atoms with Crippen molar-refractivity contribution in [2.24, 2.45) is 0 Å². The average Bonchev–Trinajstić information content (AvgIpc) is 2.38. The largest absolute Gasteiger partial charge is 0.462 e. The highest BCUT2D eigenvalue weighted by Gasteiger charge is 2.16. The number of ether oxygens (including phenoxy) is 1. The van der Waals surface area contributed by atoms with Crippen molar-refractivity contribution in [1.82, 2.24) is 0 Å². The van der Waals surface area contributed by atoms with Gasteiger partial charge in [0, 0.05) is 17.8 Å². The fraction of sp³-hybridized carbons (Fsp3) is 0.462. The van der Waals surface area contributed by atoms with Gasteiger partial charge in [0.1, 0.15) is 0 Å². The Morgan fingerprint density at radius 1 is 1.37 bits per heavy atom. The summed E-state index contributed by atoms with van der Waals surface area (Å²) in [5.41, 5.74) is 5.68. The highest BCUT2D eigenvalue weighted by molar-refractivity contribution is 5.95. The molecule has 6 heteroatoms. The normalized spacial score (nSPS) is 10.2. The third-order valence-corrected chi connectivity index (χ3v) is 2.70. The Labute approximate surface area is 111 Å². The van der Waals surface area contributed by atoms with E-state index >= 15 is 0 Å². The van der Waals surface area contributed by atoms with E-state index in [1.54, 1.807) is 0 Å². The molecule has 0 aliphatic carbocycles. The summed E-state index contributed by atoms with van der Waals surface area (Å²) in [5, 5.41) is 10.6. The number of nitro benzene ring substituents is 1. The van der Waals surface area contributed by atoms with Crippen LogP contribution in [0.2, 0.25) is 0 Å². The second-order valence-corrected chi connectivity index (χ2v) is 4.23. The lowest BCUT2D eigenvalue weighted by Gasteiger charge is -2.06. The monoisotopic (exact) mass is 266 g/mol. The number of nitrogens with zero attached hydrogens (tertiary/aromatic N) is 1. The predicted molar refractivity (Wildman–Crippen MR) is 71.9 cm³/mol. The van der Waals surface area contributed by atoms with Crippen molar-refractivity contribution in [3.05, 3.63) is 33.9 Å². The van der Waals surface area contributed by atoms with Gasteiger partial charge in [-0.05, 0) is 12.5 Å². The number of carbonyl (C=O) groups is 1. The van der Waals surface area contributed by atoms with Crippen LogP contribution in [0, 0.1) is 10.1 Å². The van der Waals surface area contributed by atoms with Crippen LogP contribution >= 0.6 is 0 Å². The van der Waals surface area contributed by atoms with Crippen LogP contribution in [-0.2, 0) is 4.74 Å². The van der Waals surface area contributed by atoms with E-state index in [-0.39, 0.29) is 16.9 Å². The quantitative estimate of drug-likeness (QED) is 0.269. The van der Waals surface area contributed by atoms with Crippen molar-refractivity contribution in [2.45, 2.75) is 32.6 Å². The highest BCUT2D eigenvalue weighted by Crippen LogP contribution is 2.20. The van der Waals surface area contributed by atoms with Crippen LogP contribution in [0.15, 0.2) is 18.2 Å². The van der Waals surface area contributed by atoms with E-state index in [4.69, 9.17) is 10.5 Å². The molecule has 1 aromatic rings. The molecular formula is C13H18N2O4. The van der Waals surface area contributed by atoms with E-state index in [2.05, 4.69) is 6.92 Å². The molecule has 0 saturated carbocycles. The molecule has 1 aromatic carbocycles. The first-order valence-electron chi connectivity index (χ1n) is 6.27. The van der Waals surface area contributed by atoms with Crippen LogP contribution in [0.4, 0.5) is 11.4 Å². The van der Waals surface area contributed by atoms with Gasteiger partial charge in [-0.25, -0.2) is 4.79 Å². The van der Waals surface area contributed by atoms with Crippen LogP contribution < -0.4 is 5.73 Å². The summed E-state index contributed by atoms with van der Waals surface area (Å²) in [7, 11) is 0. The van der Waals surface area contributed by atoms with Crippen molar-refractivity contribution in [2.75, 3.05) is 12.3 Å². The van der Waals surface area contributed by atoms with Gasteiger partial charge in [0.05, 0.1) is 17.1 Å². The minimum Gasteiger partial charge on any atom is -0.462 e. The van der Waals surface area contributed by atoms with E-state index in [0.29, 0.717) is 6.61 Å². The molecule has 2 N–H and O–H groups in total. The third kappa shape index (κ3) is 4.57. The van der Waals surface area contributed by atoms with Gasteiger partial charge in [0.25, 0.3) is 5.69 Å². The van der Waals surface area contributed by atoms with Gasteiger partial charge >= 0.3 is 5.97 Å². The molecule has 19 heavy (non-hydrogen) atoms. The molecule has 0 unspecified atom stereocenters. The first-order chi connectivity index (χ1) is 9.06. The van der Waals surface area contributed by atoms with Gasteiger partial charge in [-0.2, -0.15) is 0 Å². The molecule has 6 nitrogen and oxygen atoms in total. The second-order valence-electron chi connectivity index (χ2n) is 4.23. The zero-order chi connectivity index (χ0) is 14.3. The first-order valence-corrected chi connectivity index (χ1v) is 6.27. The van der Waals surface area contributed by atoms with Gasteiger partial charge in [-0.1, -0.05) is 26.2 Å². The zero-order valence-electron chi connectivity index (χ0n) is 10.9. The summed E-state index contributed by atoms with van der Waals surface area (Å²) in [6, 6.07) is 3.74. The fourth-order valence-corrected chi connectivity index (χ4v) is 1.61. The lowest BCUT2D eigenvalue weighted by Crippen LogP contribution is -2.09. The Bertz CT molecular complexity index is 460. The molecule has 0 fully saturated rings. The Morgan fingerprint density at radius 3 is 2.74 bits per heavy atom. The Morgan fingerprint density at radius 2 is 2.11 bits per heavy atom. The number of non-ortho nitro benzene ring substituents is 1. The molecule has 0 heterocycles. The topological polar surface area (TPSA) is 95.5 Å². The second kappa shape index (κ2) is 7.35. The number of esters is 1. The van der Waals surface area contributed by atoms with Crippen molar-refractivity contribution in [3.63, 3.8) is 0 Å². The van der Waals surface area contributed by atoms with E-state index in [9.17, 15) is 14.9 Å². The van der Waals surface area contributed by atoms with Crippen molar-refractivity contribution in [1.29, 1.82) is 0 Å². The molecule has 0 saturated heterocycles. The maximum Gasteiger partial charge on any atom is 0.340 e. The summed E-state index contributed by atoms with van der Waals surface area (Å²) in [4.78, 5) is 21.8. The maximum absolute atomic E-state index is 11.7. The van der Waals surface area contributed by atoms with Gasteiger partial charge in [0.2, 0.25) is 0 Å². The summed E-state index contributed by atoms with van der Waals surface area (Å²) >= 11 is 0. The van der Waals surface area contributed by atoms with Gasteiger partial charge in [0.15, 0.2) is 0 Å². The first kappa shape index (κ1) is 14.9. The average molecular weight is 266 g/mol. The number of benzene rings is 1. The number of unbranched alkanes of at least 4 members (excludes halogenated alkanes) is 3. The lowest BCUT2D eigenvalue weighted by atomic mass is 10.1. The molecule has 0 aliphatic heterocycles. The predicted octanol–water partition coefficient (Wildman–Crippen LogP) is 2.91. The van der Waals surface area contributed by atoms with Crippen LogP contribution in [-0.4, -0.2) is 17.5 Å². The SMILES string of the molecule is CCCCCCOC(=O)c1cc([N+](=O)[O-])ccc1N. The summed E-state index contributed by atoms with van der Waals surface area (Å²) in [6.45, 7) is 2.40. The van der Waals surface area contributed by atoms with E-state index in [0.717, 1.165) is 31.7 Å². The van der Waals surface area contributed by atoms with E-state index in [1.165, 1.54) is 12.1 Å². The number of nitrogens with two attached hydrogens (primary N) is 1. The number of hydrogen-bond donors (Lipinski definition) is 1. The molecule has 0 aromatic heterocycles. The van der Waals surface area contributed by atoms with Crippen LogP contribution in [0.5, 0.6) is 0 Å². The van der Waals surface area contributed by atoms with E-state index < -0.39 is 10.9 Å². The molecule has 0 aliphatic rings. The maximum atomic E-state index is 11.7. The number of carbonyl (C=O) groups excluding carboxylic acids is 1. The molecule has 104 valence electrons. The van der Waals surface area contributed by atoms with Gasteiger partial charge in [-0.3, -0.25) is 10.1 Å². The van der Waals surface area contributed by atoms with Crippen LogP contribution in [0.1, 0.15) is 43.0 Å². The minimum absolute atomic E-state index is 0.0460. The third-order valence-electron chi connectivity index (χ3n) is 2.70. The van der Waals surface area contributed by atoms with Crippen molar-refractivity contribution in [3.8, 4) is 0 Å². The number of anilines is 1. The Balaban J connectivity index is 2.61. The zero-order valence-corrected chi connectivity index (χ0v) is 10.9. The highest BCUT2D eigenvalue weighted by atomic mass is 16.6.